The van der Waals surface area contributed by atoms with Crippen molar-refractivity contribution in [2.75, 3.05) is 18.4 Å². The van der Waals surface area contributed by atoms with Crippen molar-refractivity contribution in [1.29, 1.82) is 0 Å². The monoisotopic (exact) mass is 323 g/mol. The van der Waals surface area contributed by atoms with Crippen LogP contribution in [0.4, 0.5) is 0 Å². The molecule has 2 aliphatic rings. The minimum Gasteiger partial charge on any atom is -0.488 e. The highest BCUT2D eigenvalue weighted by Crippen LogP contribution is 2.29. The summed E-state index contributed by atoms with van der Waals surface area (Å²) in [6.07, 6.45) is 6.83. The minimum absolute atomic E-state index is 0.344. The summed E-state index contributed by atoms with van der Waals surface area (Å²) in [5.74, 6) is 1.10. The van der Waals surface area contributed by atoms with Crippen LogP contribution in [-0.4, -0.2) is 35.5 Å². The number of ether oxygens (including phenoxy) is 1. The molecule has 19 heavy (non-hydrogen) atoms. The molecule has 0 amide bonds. The van der Waals surface area contributed by atoms with Gasteiger partial charge in [0.25, 0.3) is 0 Å². The van der Waals surface area contributed by atoms with Crippen LogP contribution in [0.15, 0.2) is 24.3 Å². The normalized spacial score (nSPS) is 27.6. The molecule has 3 rings (SSSR count). The van der Waals surface area contributed by atoms with E-state index >= 15 is 0 Å². The molecule has 0 aliphatic carbocycles. The second-order valence-corrected chi connectivity index (χ2v) is 6.35. The van der Waals surface area contributed by atoms with Crippen molar-refractivity contribution in [3.05, 3.63) is 29.8 Å². The number of alkyl halides is 1. The molecule has 0 radical (unpaired) electrons. The van der Waals surface area contributed by atoms with Crippen molar-refractivity contribution in [3.63, 3.8) is 0 Å². The third-order valence-electron chi connectivity index (χ3n) is 4.33. The lowest BCUT2D eigenvalue weighted by Gasteiger charge is -2.30. The van der Waals surface area contributed by atoms with Gasteiger partial charge in [-0.05, 0) is 31.0 Å². The summed E-state index contributed by atoms with van der Waals surface area (Å²) in [6.45, 7) is 2.30. The smallest absolute Gasteiger partial charge is 0.123 e. The largest absolute Gasteiger partial charge is 0.488 e. The lowest BCUT2D eigenvalue weighted by Crippen LogP contribution is -2.42. The quantitative estimate of drug-likeness (QED) is 0.787. The third-order valence-corrected chi connectivity index (χ3v) is 5.08. The molecule has 0 saturated carbocycles. The molecule has 104 valence electrons. The predicted octanol–water partition coefficient (Wildman–Crippen LogP) is 3.63. The summed E-state index contributed by atoms with van der Waals surface area (Å²) in [4.78, 5) is 2.64. The summed E-state index contributed by atoms with van der Waals surface area (Å²) >= 11 is 3.68. The van der Waals surface area contributed by atoms with E-state index in [1.165, 1.54) is 37.8 Å². The van der Waals surface area contributed by atoms with E-state index in [9.17, 15) is 0 Å². The first-order valence-corrected chi connectivity index (χ1v) is 8.53. The molecule has 2 unspecified atom stereocenters. The van der Waals surface area contributed by atoms with Crippen molar-refractivity contribution in [2.45, 2.75) is 44.2 Å². The second kappa shape index (κ2) is 6.27. The molecule has 1 aromatic carbocycles. The third kappa shape index (κ3) is 3.14. The lowest BCUT2D eigenvalue weighted by atomic mass is 10.1. The molecule has 0 aromatic heterocycles. The van der Waals surface area contributed by atoms with E-state index < -0.39 is 0 Å². The maximum absolute atomic E-state index is 6.09. The van der Waals surface area contributed by atoms with Gasteiger partial charge in [-0.15, -0.1) is 0 Å². The molecule has 0 spiro atoms. The number of nitrogens with zero attached hydrogens (tertiary/aromatic N) is 1. The van der Waals surface area contributed by atoms with Crippen molar-refractivity contribution in [1.82, 2.24) is 4.90 Å². The number of benzene rings is 1. The van der Waals surface area contributed by atoms with Crippen LogP contribution in [0.1, 0.15) is 31.2 Å². The van der Waals surface area contributed by atoms with Gasteiger partial charge in [0.2, 0.25) is 0 Å². The zero-order valence-electron chi connectivity index (χ0n) is 11.4. The number of rotatable bonds is 3. The average Bonchev–Trinajstić information content (AvgIpc) is 2.70. The van der Waals surface area contributed by atoms with Crippen molar-refractivity contribution >= 4 is 15.9 Å². The number of hydrogen-bond acceptors (Lipinski definition) is 2. The summed E-state index contributed by atoms with van der Waals surface area (Å²) in [7, 11) is 0. The Kier molecular flexibility index (Phi) is 4.44. The zero-order chi connectivity index (χ0) is 13.1. The van der Waals surface area contributed by atoms with Crippen molar-refractivity contribution in [3.8, 4) is 5.75 Å². The fourth-order valence-corrected chi connectivity index (χ4v) is 4.00. The van der Waals surface area contributed by atoms with E-state index in [0.717, 1.165) is 24.0 Å². The van der Waals surface area contributed by atoms with Gasteiger partial charge in [-0.2, -0.15) is 0 Å². The lowest BCUT2D eigenvalue weighted by molar-refractivity contribution is 0.126. The molecule has 1 saturated heterocycles. The van der Waals surface area contributed by atoms with Crippen LogP contribution >= 0.6 is 15.9 Å². The molecule has 1 aromatic rings. The van der Waals surface area contributed by atoms with E-state index in [-0.39, 0.29) is 0 Å². The van der Waals surface area contributed by atoms with Gasteiger partial charge < -0.3 is 4.74 Å². The Labute approximate surface area is 124 Å². The van der Waals surface area contributed by atoms with Crippen LogP contribution in [0.2, 0.25) is 0 Å². The first-order chi connectivity index (χ1) is 9.36. The first kappa shape index (κ1) is 13.4. The van der Waals surface area contributed by atoms with Gasteiger partial charge in [-0.3, -0.25) is 4.90 Å². The van der Waals surface area contributed by atoms with Gasteiger partial charge in [-0.25, -0.2) is 0 Å². The number of likely N-dealkylation sites (tertiary alicyclic amines) is 1. The van der Waals surface area contributed by atoms with E-state index in [1.54, 1.807) is 0 Å². The molecule has 0 N–H and O–H groups in total. The number of para-hydroxylation sites is 1. The highest BCUT2D eigenvalue weighted by molar-refractivity contribution is 9.09. The summed E-state index contributed by atoms with van der Waals surface area (Å²) in [5.41, 5.74) is 1.37. The van der Waals surface area contributed by atoms with Gasteiger partial charge >= 0.3 is 0 Å². The summed E-state index contributed by atoms with van der Waals surface area (Å²) < 4.78 is 6.09. The topological polar surface area (TPSA) is 12.5 Å². The minimum atomic E-state index is 0.344. The average molecular weight is 324 g/mol. The highest BCUT2D eigenvalue weighted by Gasteiger charge is 2.28. The van der Waals surface area contributed by atoms with E-state index in [0.29, 0.717) is 12.1 Å². The first-order valence-electron chi connectivity index (χ1n) is 7.41. The van der Waals surface area contributed by atoms with Gasteiger partial charge in [0.15, 0.2) is 0 Å². The molecule has 1 fully saturated rings. The molecular weight excluding hydrogens is 302 g/mol. The maximum atomic E-state index is 6.09. The van der Waals surface area contributed by atoms with Gasteiger partial charge in [0.05, 0.1) is 0 Å². The van der Waals surface area contributed by atoms with Gasteiger partial charge in [0, 0.05) is 24.3 Å². The number of hydrogen-bond donors (Lipinski definition) is 0. The second-order valence-electron chi connectivity index (χ2n) is 5.70. The SMILES string of the molecule is BrCC1CCCCCN1CC1Cc2ccccc2O1. The Balaban J connectivity index is 1.62. The zero-order valence-corrected chi connectivity index (χ0v) is 12.9. The molecule has 2 nitrogen and oxygen atoms in total. The molecule has 3 heteroatoms. The van der Waals surface area contributed by atoms with Crippen LogP contribution in [0.25, 0.3) is 0 Å². The van der Waals surface area contributed by atoms with Crippen LogP contribution in [0, 0.1) is 0 Å². The molecular formula is C16H22BrNO. The van der Waals surface area contributed by atoms with Gasteiger partial charge in [-0.1, -0.05) is 47.0 Å². The molecule has 0 bridgehead atoms. The molecule has 2 atom stereocenters. The maximum Gasteiger partial charge on any atom is 0.123 e. The Bertz CT molecular complexity index is 398. The standard InChI is InChI=1S/C16H22BrNO/c17-11-14-7-2-1-5-9-18(14)12-15-10-13-6-3-4-8-16(13)19-15/h3-4,6,8,14-15H,1-2,5,7,9-12H2. The van der Waals surface area contributed by atoms with E-state index in [2.05, 4.69) is 45.1 Å². The van der Waals surface area contributed by atoms with Crippen molar-refractivity contribution in [2.24, 2.45) is 0 Å². The van der Waals surface area contributed by atoms with Crippen LogP contribution in [-0.2, 0) is 6.42 Å². The Morgan fingerprint density at radius 1 is 1.21 bits per heavy atom. The Morgan fingerprint density at radius 2 is 2.11 bits per heavy atom. The fourth-order valence-electron chi connectivity index (χ4n) is 3.27. The van der Waals surface area contributed by atoms with Crippen LogP contribution in [0.3, 0.4) is 0 Å². The van der Waals surface area contributed by atoms with E-state index in [4.69, 9.17) is 4.74 Å². The van der Waals surface area contributed by atoms with Gasteiger partial charge in [0.1, 0.15) is 11.9 Å². The predicted molar refractivity (Wildman–Crippen MR) is 82.2 cm³/mol. The molecule has 2 aliphatic heterocycles. The van der Waals surface area contributed by atoms with Crippen LogP contribution < -0.4 is 4.74 Å². The number of halogens is 1. The summed E-state index contributed by atoms with van der Waals surface area (Å²) in [5, 5.41) is 1.09. The summed E-state index contributed by atoms with van der Waals surface area (Å²) in [6, 6.07) is 9.15. The fraction of sp³-hybridized carbons (Fsp3) is 0.625. The van der Waals surface area contributed by atoms with Crippen LogP contribution in [0.5, 0.6) is 5.75 Å². The Hall–Kier alpha value is -0.540. The number of fused-ring (bicyclic) bond motifs is 1. The van der Waals surface area contributed by atoms with Crippen molar-refractivity contribution < 1.29 is 4.74 Å². The Morgan fingerprint density at radius 3 is 2.95 bits per heavy atom. The van der Waals surface area contributed by atoms with E-state index in [1.807, 2.05) is 0 Å². The molecule has 2 heterocycles. The highest BCUT2D eigenvalue weighted by atomic mass is 79.9.